The van der Waals surface area contributed by atoms with Crippen LogP contribution in [0.1, 0.15) is 32.1 Å². The molecule has 1 fully saturated rings. The Morgan fingerprint density at radius 2 is 2.15 bits per heavy atom. The van der Waals surface area contributed by atoms with E-state index < -0.39 is 17.2 Å². The predicted molar refractivity (Wildman–Crippen MR) is 106 cm³/mol. The summed E-state index contributed by atoms with van der Waals surface area (Å²) in [5, 5.41) is 15.0. The molecule has 2 heterocycles. The summed E-state index contributed by atoms with van der Waals surface area (Å²) in [5.41, 5.74) is 11.4. The number of hydrogen-bond donors (Lipinski definition) is 3. The maximum absolute atomic E-state index is 12.4. The Morgan fingerprint density at radius 3 is 2.74 bits per heavy atom. The molecule has 8 nitrogen and oxygen atoms in total. The number of carbonyl (C=O) groups is 2. The van der Waals surface area contributed by atoms with Gasteiger partial charge in [0.1, 0.15) is 5.82 Å². The van der Waals surface area contributed by atoms with E-state index in [4.69, 9.17) is 11.5 Å². The van der Waals surface area contributed by atoms with Gasteiger partial charge < -0.3 is 16.8 Å². The van der Waals surface area contributed by atoms with Gasteiger partial charge in [0.15, 0.2) is 5.13 Å². The lowest BCUT2D eigenvalue weighted by Gasteiger charge is -2.44. The standard InChI is InChI=1S/C17H20N6O2S2/c18-8-10-13(19)23-15(27-9-11(24)22-16-21-6-7-26-16)12(14(20)25)17(10)4-2-1-3-5-17/h6-7,12H,1-5,9,19H2,(H2,20,25)(H,21,22,24)/t12-/m1/s1. The maximum atomic E-state index is 12.4. The number of amides is 2. The van der Waals surface area contributed by atoms with E-state index in [9.17, 15) is 14.9 Å². The summed E-state index contributed by atoms with van der Waals surface area (Å²) in [6.45, 7) is 0. The lowest BCUT2D eigenvalue weighted by Crippen LogP contribution is -2.48. The van der Waals surface area contributed by atoms with Gasteiger partial charge in [0.05, 0.1) is 28.4 Å². The van der Waals surface area contributed by atoms with Crippen LogP contribution in [0.25, 0.3) is 0 Å². The van der Waals surface area contributed by atoms with Crippen molar-refractivity contribution < 1.29 is 9.59 Å². The minimum atomic E-state index is -0.739. The Bertz CT molecular complexity index is 834. The predicted octanol–water partition coefficient (Wildman–Crippen LogP) is 1.97. The van der Waals surface area contributed by atoms with E-state index in [2.05, 4.69) is 21.4 Å². The van der Waals surface area contributed by atoms with Gasteiger partial charge in [-0.2, -0.15) is 5.26 Å². The van der Waals surface area contributed by atoms with Crippen molar-refractivity contribution in [3.63, 3.8) is 0 Å². The molecule has 1 aromatic heterocycles. The summed E-state index contributed by atoms with van der Waals surface area (Å²) in [7, 11) is 0. The Balaban J connectivity index is 1.84. The van der Waals surface area contributed by atoms with Crippen LogP contribution >= 0.6 is 23.1 Å². The van der Waals surface area contributed by atoms with Gasteiger partial charge in [-0.3, -0.25) is 9.59 Å². The lowest BCUT2D eigenvalue weighted by molar-refractivity contribution is -0.123. The number of nitrogens with zero attached hydrogens (tertiary/aromatic N) is 3. The minimum Gasteiger partial charge on any atom is -0.383 e. The van der Waals surface area contributed by atoms with Crippen LogP contribution in [-0.4, -0.2) is 27.6 Å². The van der Waals surface area contributed by atoms with Crippen LogP contribution in [0, 0.1) is 22.7 Å². The number of nitriles is 1. The van der Waals surface area contributed by atoms with Gasteiger partial charge in [0.2, 0.25) is 11.8 Å². The number of thiazole rings is 1. The second-order valence-electron chi connectivity index (χ2n) is 6.55. The number of allylic oxidation sites excluding steroid dienone is 1. The summed E-state index contributed by atoms with van der Waals surface area (Å²) in [5.74, 6) is -1.36. The molecule has 27 heavy (non-hydrogen) atoms. The van der Waals surface area contributed by atoms with E-state index in [0.717, 1.165) is 31.0 Å². The van der Waals surface area contributed by atoms with Crippen molar-refractivity contribution in [3.05, 3.63) is 23.0 Å². The monoisotopic (exact) mass is 404 g/mol. The van der Waals surface area contributed by atoms with Gasteiger partial charge >= 0.3 is 0 Å². The summed E-state index contributed by atoms with van der Waals surface area (Å²) in [6, 6.07) is 2.16. The number of aliphatic imine (C=N–C) groups is 1. The van der Waals surface area contributed by atoms with Gasteiger partial charge in [0.25, 0.3) is 0 Å². The molecule has 142 valence electrons. The van der Waals surface area contributed by atoms with Gasteiger partial charge in [-0.25, -0.2) is 9.98 Å². The van der Waals surface area contributed by atoms with Crippen LogP contribution in [-0.2, 0) is 9.59 Å². The second-order valence-corrected chi connectivity index (χ2v) is 8.44. The van der Waals surface area contributed by atoms with Crippen LogP contribution in [0.15, 0.2) is 28.0 Å². The highest BCUT2D eigenvalue weighted by atomic mass is 32.2. The summed E-state index contributed by atoms with van der Waals surface area (Å²) in [6.07, 6.45) is 5.75. The van der Waals surface area contributed by atoms with E-state index >= 15 is 0 Å². The molecule has 3 rings (SSSR count). The van der Waals surface area contributed by atoms with Crippen LogP contribution in [0.4, 0.5) is 5.13 Å². The number of anilines is 1. The zero-order chi connectivity index (χ0) is 19.4. The third kappa shape index (κ3) is 3.84. The number of aromatic nitrogens is 1. The molecular formula is C17H20N6O2S2. The van der Waals surface area contributed by atoms with Gasteiger partial charge in [-0.05, 0) is 12.8 Å². The molecule has 1 atom stereocenters. The first-order valence-electron chi connectivity index (χ1n) is 8.58. The summed E-state index contributed by atoms with van der Waals surface area (Å²) in [4.78, 5) is 32.8. The Kier molecular flexibility index (Phi) is 5.82. The third-order valence-corrected chi connectivity index (χ3v) is 6.67. The molecule has 0 unspecified atom stereocenters. The quantitative estimate of drug-likeness (QED) is 0.699. The maximum Gasteiger partial charge on any atom is 0.236 e. The van der Waals surface area contributed by atoms with Crippen LogP contribution in [0.5, 0.6) is 0 Å². The molecule has 0 aromatic carbocycles. The second kappa shape index (κ2) is 8.10. The van der Waals surface area contributed by atoms with Crippen molar-refractivity contribution in [2.75, 3.05) is 11.1 Å². The smallest absolute Gasteiger partial charge is 0.236 e. The van der Waals surface area contributed by atoms with Crippen LogP contribution < -0.4 is 16.8 Å². The molecule has 5 N–H and O–H groups in total. The number of nitrogens with two attached hydrogens (primary N) is 2. The van der Waals surface area contributed by atoms with Gasteiger partial charge in [-0.1, -0.05) is 31.0 Å². The number of thioether (sulfide) groups is 1. The highest BCUT2D eigenvalue weighted by Gasteiger charge is 2.51. The number of nitrogens with one attached hydrogen (secondary N) is 1. The molecule has 0 radical (unpaired) electrons. The lowest BCUT2D eigenvalue weighted by atomic mass is 9.61. The zero-order valence-electron chi connectivity index (χ0n) is 14.6. The Morgan fingerprint density at radius 1 is 1.41 bits per heavy atom. The van der Waals surface area contributed by atoms with Crippen molar-refractivity contribution in [2.45, 2.75) is 32.1 Å². The highest BCUT2D eigenvalue weighted by molar-refractivity contribution is 8.14. The molecule has 1 aliphatic heterocycles. The van der Waals surface area contributed by atoms with Crippen LogP contribution in [0.2, 0.25) is 0 Å². The first-order valence-corrected chi connectivity index (χ1v) is 10.4. The fourth-order valence-electron chi connectivity index (χ4n) is 3.85. The fourth-order valence-corrected chi connectivity index (χ4v) is 5.42. The average molecular weight is 405 g/mol. The molecule has 1 saturated carbocycles. The molecule has 2 amide bonds. The SMILES string of the molecule is N#CC1=C(N)N=C(SCC(=O)Nc2nccs2)[C@@H](C(N)=O)C12CCCCC2. The summed E-state index contributed by atoms with van der Waals surface area (Å²) >= 11 is 2.46. The topological polar surface area (TPSA) is 147 Å². The molecule has 0 saturated heterocycles. The zero-order valence-corrected chi connectivity index (χ0v) is 16.2. The van der Waals surface area contributed by atoms with E-state index in [1.807, 2.05) is 0 Å². The van der Waals surface area contributed by atoms with E-state index in [1.54, 1.807) is 11.6 Å². The molecule has 10 heteroatoms. The Hall–Kier alpha value is -2.38. The number of carbonyl (C=O) groups excluding carboxylic acids is 2. The number of primary amides is 1. The van der Waals surface area contributed by atoms with Gasteiger partial charge in [-0.15, -0.1) is 11.3 Å². The minimum absolute atomic E-state index is 0.0490. The highest BCUT2D eigenvalue weighted by Crippen LogP contribution is 2.52. The van der Waals surface area contributed by atoms with Crippen molar-refractivity contribution >= 4 is 45.1 Å². The molecule has 1 aliphatic carbocycles. The van der Waals surface area contributed by atoms with Crippen molar-refractivity contribution in [3.8, 4) is 6.07 Å². The van der Waals surface area contributed by atoms with Gasteiger partial charge in [0, 0.05) is 17.0 Å². The molecular weight excluding hydrogens is 384 g/mol. The van der Waals surface area contributed by atoms with E-state index in [0.29, 0.717) is 28.6 Å². The molecule has 1 aromatic rings. The number of rotatable bonds is 4. The average Bonchev–Trinajstić information content (AvgIpc) is 3.13. The third-order valence-electron chi connectivity index (χ3n) is 4.96. The van der Waals surface area contributed by atoms with Crippen molar-refractivity contribution in [1.82, 2.24) is 4.98 Å². The van der Waals surface area contributed by atoms with E-state index in [1.165, 1.54) is 11.3 Å². The first-order chi connectivity index (χ1) is 13.0. The largest absolute Gasteiger partial charge is 0.383 e. The number of hydrogen-bond acceptors (Lipinski definition) is 8. The molecule has 2 aliphatic rings. The van der Waals surface area contributed by atoms with Crippen molar-refractivity contribution in [1.29, 1.82) is 5.26 Å². The normalized spacial score (nSPS) is 21.4. The Labute approximate surface area is 165 Å². The summed E-state index contributed by atoms with van der Waals surface area (Å²) < 4.78 is 0. The van der Waals surface area contributed by atoms with Crippen molar-refractivity contribution in [2.24, 2.45) is 27.8 Å². The first kappa shape index (κ1) is 19.4. The van der Waals surface area contributed by atoms with Crippen LogP contribution in [0.3, 0.4) is 0 Å². The van der Waals surface area contributed by atoms with E-state index in [-0.39, 0.29) is 17.5 Å². The fraction of sp³-hybridized carbons (Fsp3) is 0.471. The molecule has 0 bridgehead atoms. The molecule has 1 spiro atoms.